The summed E-state index contributed by atoms with van der Waals surface area (Å²) in [6, 6.07) is 19.7. The lowest BCUT2D eigenvalue weighted by molar-refractivity contribution is -0.159. The summed E-state index contributed by atoms with van der Waals surface area (Å²) in [5, 5.41) is 10.0. The molecule has 1 aromatic heterocycles. The number of aryl methyl sites for hydroxylation is 1. The molecule has 3 heterocycles. The Bertz CT molecular complexity index is 1130. The summed E-state index contributed by atoms with van der Waals surface area (Å²) in [5.74, 6) is -0.291. The fourth-order valence-corrected chi connectivity index (χ4v) is 4.98. The summed E-state index contributed by atoms with van der Waals surface area (Å²) in [5.41, 5.74) is 5.10. The van der Waals surface area contributed by atoms with Gasteiger partial charge in [0.2, 0.25) is 5.91 Å². The summed E-state index contributed by atoms with van der Waals surface area (Å²) < 4.78 is 0. The second-order valence-corrected chi connectivity index (χ2v) is 8.55. The van der Waals surface area contributed by atoms with Gasteiger partial charge in [-0.05, 0) is 35.7 Å². The molecule has 6 heteroatoms. The summed E-state index contributed by atoms with van der Waals surface area (Å²) in [6.45, 7) is 2.46. The molecule has 2 fully saturated rings. The largest absolute Gasteiger partial charge is 0.394 e. The average molecular weight is 428 g/mol. The Morgan fingerprint density at radius 2 is 1.62 bits per heavy atom. The molecule has 1 N–H and O–H groups in total. The highest BCUT2D eigenvalue weighted by Crippen LogP contribution is 2.43. The number of amides is 2. The van der Waals surface area contributed by atoms with E-state index in [9.17, 15) is 14.7 Å². The number of aliphatic hydroxyl groups is 1. The highest BCUT2D eigenvalue weighted by atomic mass is 16.3. The van der Waals surface area contributed by atoms with E-state index in [0.29, 0.717) is 12.1 Å². The third-order valence-corrected chi connectivity index (χ3v) is 6.65. The summed E-state index contributed by atoms with van der Waals surface area (Å²) >= 11 is 0. The molecule has 2 amide bonds. The monoisotopic (exact) mass is 427 g/mol. The molecule has 0 unspecified atom stereocenters. The van der Waals surface area contributed by atoms with E-state index in [-0.39, 0.29) is 43.0 Å². The molecule has 2 aliphatic heterocycles. The Hall–Kier alpha value is -3.51. The second kappa shape index (κ2) is 8.20. The molecule has 0 bridgehead atoms. The van der Waals surface area contributed by atoms with E-state index >= 15 is 0 Å². The number of rotatable bonds is 4. The fourth-order valence-electron chi connectivity index (χ4n) is 4.98. The van der Waals surface area contributed by atoms with Crippen LogP contribution in [0.3, 0.4) is 0 Å². The molecule has 6 nitrogen and oxygen atoms in total. The van der Waals surface area contributed by atoms with Crippen LogP contribution in [0.5, 0.6) is 0 Å². The maximum atomic E-state index is 12.9. The van der Waals surface area contributed by atoms with Gasteiger partial charge < -0.3 is 14.9 Å². The number of carbonyl (C=O) groups excluding carboxylic acids is 2. The van der Waals surface area contributed by atoms with Crippen LogP contribution in [0.2, 0.25) is 0 Å². The summed E-state index contributed by atoms with van der Waals surface area (Å²) in [4.78, 5) is 33.1. The van der Waals surface area contributed by atoms with Crippen LogP contribution in [0.25, 0.3) is 11.1 Å². The zero-order valence-corrected chi connectivity index (χ0v) is 17.9. The third-order valence-electron chi connectivity index (χ3n) is 6.65. The van der Waals surface area contributed by atoms with Crippen LogP contribution in [0.4, 0.5) is 0 Å². The number of aromatic nitrogens is 1. The number of hydrogen-bond donors (Lipinski definition) is 1. The fraction of sp³-hybridized carbons (Fsp3) is 0.269. The molecule has 32 heavy (non-hydrogen) atoms. The van der Waals surface area contributed by atoms with E-state index < -0.39 is 0 Å². The van der Waals surface area contributed by atoms with Crippen LogP contribution in [0.1, 0.15) is 27.4 Å². The Morgan fingerprint density at radius 3 is 2.25 bits per heavy atom. The number of aliphatic hydroxyl groups excluding tert-OH is 1. The third kappa shape index (κ3) is 3.46. The molecule has 0 radical (unpaired) electrons. The highest BCUT2D eigenvalue weighted by Gasteiger charge is 2.54. The molecule has 2 aliphatic rings. The number of carbonyl (C=O) groups is 2. The predicted octanol–water partition coefficient (Wildman–Crippen LogP) is 2.87. The first kappa shape index (κ1) is 20.4. The van der Waals surface area contributed by atoms with Gasteiger partial charge in [-0.15, -0.1) is 0 Å². The number of fused-ring (bicyclic) bond motifs is 1. The Labute approximate surface area is 187 Å². The van der Waals surface area contributed by atoms with E-state index in [1.54, 1.807) is 34.3 Å². The molecule has 3 atom stereocenters. The van der Waals surface area contributed by atoms with Crippen LogP contribution >= 0.6 is 0 Å². The quantitative estimate of drug-likeness (QED) is 0.695. The van der Waals surface area contributed by atoms with Crippen molar-refractivity contribution in [2.45, 2.75) is 24.9 Å². The summed E-state index contributed by atoms with van der Waals surface area (Å²) in [7, 11) is 0. The Balaban J connectivity index is 1.38. The van der Waals surface area contributed by atoms with Crippen molar-refractivity contribution in [2.24, 2.45) is 0 Å². The van der Waals surface area contributed by atoms with Crippen molar-refractivity contribution in [2.75, 3.05) is 19.7 Å². The van der Waals surface area contributed by atoms with Gasteiger partial charge in [0.05, 0.1) is 18.7 Å². The number of pyridine rings is 1. The standard InChI is InChI=1S/C26H25N3O3/c1-17-2-4-18(5-3-17)19-6-8-20(9-7-19)25-22-14-28(15-24(31)29(22)23(25)16-30)26(32)21-10-12-27-13-11-21/h2-13,22-23,25,30H,14-16H2,1H3/t22-,23-,25-/m1/s1. The van der Waals surface area contributed by atoms with Gasteiger partial charge in [0.25, 0.3) is 5.91 Å². The first-order valence-electron chi connectivity index (χ1n) is 10.8. The number of benzene rings is 2. The Morgan fingerprint density at radius 1 is 1.00 bits per heavy atom. The summed E-state index contributed by atoms with van der Waals surface area (Å²) in [6.07, 6.45) is 3.16. The molecule has 5 rings (SSSR count). The molecule has 2 aromatic carbocycles. The van der Waals surface area contributed by atoms with Gasteiger partial charge in [-0.25, -0.2) is 0 Å². The minimum Gasteiger partial charge on any atom is -0.394 e. The highest BCUT2D eigenvalue weighted by molar-refractivity contribution is 5.97. The molecule has 3 aromatic rings. The number of nitrogens with zero attached hydrogens (tertiary/aromatic N) is 3. The van der Waals surface area contributed by atoms with Crippen molar-refractivity contribution in [1.29, 1.82) is 0 Å². The first-order chi connectivity index (χ1) is 15.6. The second-order valence-electron chi connectivity index (χ2n) is 8.55. The lowest BCUT2D eigenvalue weighted by Gasteiger charge is -2.58. The zero-order valence-electron chi connectivity index (χ0n) is 17.9. The van der Waals surface area contributed by atoms with Gasteiger partial charge in [0.1, 0.15) is 6.54 Å². The van der Waals surface area contributed by atoms with Gasteiger partial charge in [0.15, 0.2) is 0 Å². The number of piperazine rings is 1. The van der Waals surface area contributed by atoms with Crippen molar-refractivity contribution >= 4 is 11.8 Å². The molecule has 0 aliphatic carbocycles. The minimum atomic E-state index is -0.254. The normalized spacial score (nSPS) is 22.3. The molecule has 162 valence electrons. The smallest absolute Gasteiger partial charge is 0.254 e. The van der Waals surface area contributed by atoms with Crippen LogP contribution in [0.15, 0.2) is 73.1 Å². The van der Waals surface area contributed by atoms with Gasteiger partial charge in [-0.2, -0.15) is 0 Å². The number of hydrogen-bond acceptors (Lipinski definition) is 4. The van der Waals surface area contributed by atoms with E-state index in [1.807, 2.05) is 0 Å². The van der Waals surface area contributed by atoms with Crippen molar-refractivity contribution in [3.05, 3.63) is 89.7 Å². The van der Waals surface area contributed by atoms with E-state index in [1.165, 1.54) is 5.56 Å². The van der Waals surface area contributed by atoms with Crippen molar-refractivity contribution < 1.29 is 14.7 Å². The lowest BCUT2D eigenvalue weighted by Crippen LogP contribution is -2.73. The van der Waals surface area contributed by atoms with E-state index in [0.717, 1.165) is 16.7 Å². The SMILES string of the molecule is Cc1ccc(-c2ccc([C@H]3[C@@H](CO)N4C(=O)CN(C(=O)c5ccncc5)C[C@H]34)cc2)cc1. The van der Waals surface area contributed by atoms with E-state index in [4.69, 9.17) is 0 Å². The first-order valence-corrected chi connectivity index (χ1v) is 10.8. The maximum Gasteiger partial charge on any atom is 0.254 e. The van der Waals surface area contributed by atoms with Crippen LogP contribution in [-0.4, -0.2) is 63.5 Å². The van der Waals surface area contributed by atoms with Gasteiger partial charge >= 0.3 is 0 Å². The van der Waals surface area contributed by atoms with Crippen molar-refractivity contribution in [3.63, 3.8) is 0 Å². The van der Waals surface area contributed by atoms with Crippen LogP contribution < -0.4 is 0 Å². The topological polar surface area (TPSA) is 73.7 Å². The van der Waals surface area contributed by atoms with Gasteiger partial charge in [-0.1, -0.05) is 54.1 Å². The predicted molar refractivity (Wildman–Crippen MR) is 121 cm³/mol. The van der Waals surface area contributed by atoms with Gasteiger partial charge in [0, 0.05) is 30.4 Å². The molecule has 0 spiro atoms. The molecule has 0 saturated carbocycles. The van der Waals surface area contributed by atoms with E-state index in [2.05, 4.69) is 60.4 Å². The minimum absolute atomic E-state index is 0.0101. The van der Waals surface area contributed by atoms with Gasteiger partial charge in [-0.3, -0.25) is 14.6 Å². The zero-order chi connectivity index (χ0) is 22.2. The maximum absolute atomic E-state index is 12.9. The van der Waals surface area contributed by atoms with Crippen LogP contribution in [-0.2, 0) is 4.79 Å². The van der Waals surface area contributed by atoms with Crippen molar-refractivity contribution in [1.82, 2.24) is 14.8 Å². The van der Waals surface area contributed by atoms with Crippen molar-refractivity contribution in [3.8, 4) is 11.1 Å². The Kier molecular flexibility index (Phi) is 5.23. The van der Waals surface area contributed by atoms with Crippen LogP contribution in [0, 0.1) is 6.92 Å². The average Bonchev–Trinajstić information content (AvgIpc) is 2.81. The molecular formula is C26H25N3O3. The lowest BCUT2D eigenvalue weighted by atomic mass is 9.73. The molecule has 2 saturated heterocycles. The molecular weight excluding hydrogens is 402 g/mol.